The Morgan fingerprint density at radius 1 is 1.09 bits per heavy atom. The van der Waals surface area contributed by atoms with Crippen molar-refractivity contribution in [3.8, 4) is 0 Å². The van der Waals surface area contributed by atoms with E-state index >= 15 is 0 Å². The number of likely N-dealkylation sites (N-methyl/N-ethyl adjacent to an activating group) is 1. The highest BCUT2D eigenvalue weighted by Crippen LogP contribution is 2.34. The van der Waals surface area contributed by atoms with E-state index in [1.807, 2.05) is 18.2 Å². The van der Waals surface area contributed by atoms with E-state index in [2.05, 4.69) is 10.6 Å². The van der Waals surface area contributed by atoms with Crippen LogP contribution in [-0.4, -0.2) is 30.8 Å². The summed E-state index contributed by atoms with van der Waals surface area (Å²) in [6, 6.07) is 6.53. The molecule has 0 radical (unpaired) electrons. The van der Waals surface area contributed by atoms with Crippen molar-refractivity contribution in [3.63, 3.8) is 0 Å². The Morgan fingerprint density at radius 2 is 1.73 bits per heavy atom. The van der Waals surface area contributed by atoms with Crippen LogP contribution in [0.25, 0.3) is 0 Å². The van der Waals surface area contributed by atoms with Gasteiger partial charge in [0, 0.05) is 24.3 Å². The largest absolute Gasteiger partial charge is 0.345 e. The van der Waals surface area contributed by atoms with Crippen LogP contribution in [0.5, 0.6) is 0 Å². The second-order valence-corrected chi connectivity index (χ2v) is 5.82. The number of benzene rings is 1. The molecule has 1 aromatic rings. The lowest BCUT2D eigenvalue weighted by atomic mass is 10.1. The highest BCUT2D eigenvalue weighted by molar-refractivity contribution is 6.35. The highest BCUT2D eigenvalue weighted by Gasteiger charge is 2.37. The summed E-state index contributed by atoms with van der Waals surface area (Å²) in [6.07, 6.45) is 3.97. The maximum atomic E-state index is 12.2. The first-order valence-corrected chi connectivity index (χ1v) is 7.56. The molecule has 1 fully saturated rings. The lowest BCUT2D eigenvalue weighted by Gasteiger charge is -2.15. The first-order valence-electron chi connectivity index (χ1n) is 7.56. The first kappa shape index (κ1) is 14.6. The number of carbonyl (C=O) groups is 3. The van der Waals surface area contributed by atoms with Gasteiger partial charge in [-0.05, 0) is 18.9 Å². The van der Waals surface area contributed by atoms with Crippen LogP contribution in [0.2, 0.25) is 0 Å². The molecule has 1 aromatic carbocycles. The van der Waals surface area contributed by atoms with Crippen molar-refractivity contribution in [2.24, 2.45) is 0 Å². The van der Waals surface area contributed by atoms with Crippen molar-refractivity contribution in [2.45, 2.75) is 37.8 Å². The molecule has 0 aromatic heterocycles. The number of fused-ring (bicyclic) bond motifs is 1. The third kappa shape index (κ3) is 2.56. The van der Waals surface area contributed by atoms with E-state index in [9.17, 15) is 14.4 Å². The van der Waals surface area contributed by atoms with E-state index in [0.717, 1.165) is 36.9 Å². The molecule has 22 heavy (non-hydrogen) atoms. The molecule has 3 rings (SSSR count). The van der Waals surface area contributed by atoms with Gasteiger partial charge in [0.2, 0.25) is 0 Å². The molecule has 1 aliphatic heterocycles. The zero-order chi connectivity index (χ0) is 15.7. The molecule has 116 valence electrons. The van der Waals surface area contributed by atoms with Gasteiger partial charge in [0.1, 0.15) is 6.04 Å². The normalized spacial score (nSPS) is 20.9. The van der Waals surface area contributed by atoms with Gasteiger partial charge >= 0.3 is 11.8 Å². The van der Waals surface area contributed by atoms with E-state index in [1.165, 1.54) is 4.90 Å². The maximum Gasteiger partial charge on any atom is 0.310 e. The molecular formula is C16H19N3O3. The number of nitrogens with one attached hydrogen (secondary N) is 2. The Hall–Kier alpha value is -2.37. The van der Waals surface area contributed by atoms with Crippen molar-refractivity contribution < 1.29 is 14.4 Å². The van der Waals surface area contributed by atoms with Crippen LogP contribution in [0.15, 0.2) is 24.3 Å². The van der Waals surface area contributed by atoms with Gasteiger partial charge in [-0.2, -0.15) is 0 Å². The molecule has 3 amide bonds. The van der Waals surface area contributed by atoms with Gasteiger partial charge in [0.05, 0.1) is 0 Å². The van der Waals surface area contributed by atoms with Crippen LogP contribution in [0, 0.1) is 0 Å². The van der Waals surface area contributed by atoms with Crippen LogP contribution < -0.4 is 15.5 Å². The van der Waals surface area contributed by atoms with Crippen LogP contribution in [0.1, 0.15) is 37.3 Å². The van der Waals surface area contributed by atoms with Crippen molar-refractivity contribution in [1.82, 2.24) is 10.6 Å². The summed E-state index contributed by atoms with van der Waals surface area (Å²) in [6.45, 7) is 0. The molecule has 2 N–H and O–H groups in total. The fourth-order valence-corrected chi connectivity index (χ4v) is 3.14. The molecule has 1 atom stereocenters. The average Bonchev–Trinajstić information content (AvgIpc) is 3.10. The van der Waals surface area contributed by atoms with Gasteiger partial charge in [0.15, 0.2) is 0 Å². The van der Waals surface area contributed by atoms with Crippen molar-refractivity contribution in [1.29, 1.82) is 0 Å². The number of rotatable bonds is 2. The van der Waals surface area contributed by atoms with Crippen LogP contribution in [0.3, 0.4) is 0 Å². The van der Waals surface area contributed by atoms with E-state index in [1.54, 1.807) is 13.1 Å². The van der Waals surface area contributed by atoms with Gasteiger partial charge in [-0.1, -0.05) is 31.0 Å². The van der Waals surface area contributed by atoms with Crippen LogP contribution >= 0.6 is 0 Å². The van der Waals surface area contributed by atoms with Gasteiger partial charge in [-0.25, -0.2) is 0 Å². The molecule has 0 bridgehead atoms. The summed E-state index contributed by atoms with van der Waals surface area (Å²) in [4.78, 5) is 37.7. The standard InChI is InChI=1S/C16H19N3O3/c1-19-12-9-5-4-8-11(12)13(16(19)22)18-15(21)14(20)17-10-6-2-3-7-10/h4-5,8-10,13H,2-3,6-7H2,1H3,(H,17,20)(H,18,21)/t13-/m1/s1. The van der Waals surface area contributed by atoms with E-state index < -0.39 is 17.9 Å². The second-order valence-electron chi connectivity index (χ2n) is 5.82. The van der Waals surface area contributed by atoms with Gasteiger partial charge < -0.3 is 15.5 Å². The molecule has 1 heterocycles. The third-order valence-corrected chi connectivity index (χ3v) is 4.36. The first-order chi connectivity index (χ1) is 10.6. The highest BCUT2D eigenvalue weighted by atomic mass is 16.2. The summed E-state index contributed by atoms with van der Waals surface area (Å²) in [5.74, 6) is -1.65. The fraction of sp³-hybridized carbons (Fsp3) is 0.438. The van der Waals surface area contributed by atoms with Crippen LogP contribution in [0.4, 0.5) is 5.69 Å². The van der Waals surface area contributed by atoms with Gasteiger partial charge in [-0.15, -0.1) is 0 Å². The quantitative estimate of drug-likeness (QED) is 0.796. The Labute approximate surface area is 128 Å². The van der Waals surface area contributed by atoms with Gasteiger partial charge in [-0.3, -0.25) is 14.4 Å². The summed E-state index contributed by atoms with van der Waals surface area (Å²) in [5, 5.41) is 5.27. The topological polar surface area (TPSA) is 78.5 Å². The zero-order valence-electron chi connectivity index (χ0n) is 12.5. The van der Waals surface area contributed by atoms with Crippen LogP contribution in [-0.2, 0) is 14.4 Å². The monoisotopic (exact) mass is 301 g/mol. The number of anilines is 1. The molecule has 6 heteroatoms. The molecule has 0 spiro atoms. The average molecular weight is 301 g/mol. The summed E-state index contributed by atoms with van der Waals surface area (Å²) in [7, 11) is 1.66. The molecule has 0 saturated heterocycles. The fourth-order valence-electron chi connectivity index (χ4n) is 3.14. The SMILES string of the molecule is CN1C(=O)[C@H](NC(=O)C(=O)NC2CCCC2)c2ccccc21. The summed E-state index contributed by atoms with van der Waals surface area (Å²) < 4.78 is 0. The Bertz CT molecular complexity index is 623. The van der Waals surface area contributed by atoms with Crippen molar-refractivity contribution in [3.05, 3.63) is 29.8 Å². The molecular weight excluding hydrogens is 282 g/mol. The van der Waals surface area contributed by atoms with E-state index in [-0.39, 0.29) is 11.9 Å². The minimum Gasteiger partial charge on any atom is -0.345 e. The van der Waals surface area contributed by atoms with E-state index in [0.29, 0.717) is 0 Å². The predicted molar refractivity (Wildman–Crippen MR) is 81.1 cm³/mol. The molecule has 2 aliphatic rings. The molecule has 1 saturated carbocycles. The summed E-state index contributed by atoms with van der Waals surface area (Å²) in [5.41, 5.74) is 1.48. The minimum atomic E-state index is -0.789. The number of hydrogen-bond donors (Lipinski definition) is 2. The number of nitrogens with zero attached hydrogens (tertiary/aromatic N) is 1. The Kier molecular flexibility index (Phi) is 3.83. The number of amides is 3. The van der Waals surface area contributed by atoms with Crippen molar-refractivity contribution >= 4 is 23.4 Å². The minimum absolute atomic E-state index is 0.0764. The number of hydrogen-bond acceptors (Lipinski definition) is 3. The predicted octanol–water partition coefficient (Wildman–Crippen LogP) is 0.879. The molecule has 0 unspecified atom stereocenters. The smallest absolute Gasteiger partial charge is 0.310 e. The third-order valence-electron chi connectivity index (χ3n) is 4.36. The lowest BCUT2D eigenvalue weighted by Crippen LogP contribution is -2.46. The Morgan fingerprint density at radius 3 is 2.45 bits per heavy atom. The summed E-state index contributed by atoms with van der Waals surface area (Å²) >= 11 is 0. The molecule has 6 nitrogen and oxygen atoms in total. The van der Waals surface area contributed by atoms with Crippen molar-refractivity contribution in [2.75, 3.05) is 11.9 Å². The lowest BCUT2D eigenvalue weighted by molar-refractivity contribution is -0.140. The zero-order valence-corrected chi connectivity index (χ0v) is 12.5. The second kappa shape index (κ2) is 5.79. The number of carbonyl (C=O) groups excluding carboxylic acids is 3. The Balaban J connectivity index is 1.68. The molecule has 1 aliphatic carbocycles. The maximum absolute atomic E-state index is 12.2. The number of para-hydroxylation sites is 1. The van der Waals surface area contributed by atoms with E-state index in [4.69, 9.17) is 0 Å². The van der Waals surface area contributed by atoms with Gasteiger partial charge in [0.25, 0.3) is 5.91 Å².